The Labute approximate surface area is 74.8 Å². The van der Waals surface area contributed by atoms with Crippen LogP contribution in [0.25, 0.3) is 0 Å². The molecular weight excluding hydrogens is 327 g/mol. The second-order valence-corrected chi connectivity index (χ2v) is 5.13. The third kappa shape index (κ3) is 3.03. The summed E-state index contributed by atoms with van der Waals surface area (Å²) in [5.41, 5.74) is 0. The Morgan fingerprint density at radius 3 is 2.80 bits per heavy atom. The van der Waals surface area contributed by atoms with Gasteiger partial charge in [0.2, 0.25) is 0 Å². The fourth-order valence-corrected chi connectivity index (χ4v) is 2.87. The van der Waals surface area contributed by atoms with Gasteiger partial charge >= 0.3 is 74.8 Å². The fraction of sp³-hybridized carbons (Fsp3) is 0.500. The number of allylic oxidation sites excluding steroid dienone is 4. The Morgan fingerprint density at radius 1 is 1.20 bits per heavy atom. The normalized spacial score (nSPS) is 19.9. The van der Waals surface area contributed by atoms with Crippen molar-refractivity contribution in [2.45, 2.75) is 25.7 Å². The first kappa shape index (κ1) is 8.55. The van der Waals surface area contributed by atoms with Crippen LogP contribution in [-0.4, -0.2) is 0 Å². The van der Waals surface area contributed by atoms with E-state index in [1.54, 1.807) is 0 Å². The summed E-state index contributed by atoms with van der Waals surface area (Å²) in [6.45, 7) is 0. The van der Waals surface area contributed by atoms with Gasteiger partial charge in [-0.3, -0.25) is 0 Å². The number of hydrogen-bond donors (Lipinski definition) is 0. The topological polar surface area (TPSA) is 0 Å². The predicted octanol–water partition coefficient (Wildman–Crippen LogP) is 3.24. The molecule has 0 aliphatic heterocycles. The second kappa shape index (κ2) is 5.15. The van der Waals surface area contributed by atoms with Crippen LogP contribution in [0.3, 0.4) is 0 Å². The van der Waals surface area contributed by atoms with Crippen molar-refractivity contribution in [3.8, 4) is 0 Å². The van der Waals surface area contributed by atoms with Crippen LogP contribution in [0, 0.1) is 0 Å². The summed E-state index contributed by atoms with van der Waals surface area (Å²) in [4.78, 5) is 0. The van der Waals surface area contributed by atoms with E-state index < -0.39 is 0 Å². The van der Waals surface area contributed by atoms with E-state index in [-0.39, 0.29) is 17.5 Å². The molecule has 0 saturated heterocycles. The van der Waals surface area contributed by atoms with Gasteiger partial charge in [-0.2, -0.15) is 0 Å². The molecule has 2 heteroatoms. The number of rotatable bonds is 1. The van der Waals surface area contributed by atoms with E-state index in [0.29, 0.717) is 0 Å². The monoisotopic (exact) mass is 337 g/mol. The average Bonchev–Trinajstić information content (AvgIpc) is 1.87. The molecule has 0 fully saturated rings. The summed E-state index contributed by atoms with van der Waals surface area (Å²) in [7, 11) is 5.82. The van der Waals surface area contributed by atoms with Crippen LogP contribution >= 0.6 is 9.42 Å². The van der Waals surface area contributed by atoms with Crippen molar-refractivity contribution in [3.05, 3.63) is 22.2 Å². The molecule has 0 amide bonds. The van der Waals surface area contributed by atoms with Gasteiger partial charge in [0.15, 0.2) is 0 Å². The first-order chi connectivity index (χ1) is 4.93. The molecule has 0 nitrogen and oxygen atoms in total. The average molecular weight is 338 g/mol. The molecule has 60 valence electrons. The summed E-state index contributed by atoms with van der Waals surface area (Å²) in [5.74, 6) is 0. The van der Waals surface area contributed by atoms with Crippen LogP contribution in [0.1, 0.15) is 25.7 Å². The molecule has 1 rings (SSSR count). The SMILES string of the molecule is [Cl][Pt][C]1=CCCC=CCC1. The molecular formula is C8H11ClPt. The standard InChI is InChI=1S/C8H11.ClH.Pt/c1-2-4-6-8-7-5-3-1;;/h1-2,7H,3-6H2;1H;/q;;+1/p-1. The van der Waals surface area contributed by atoms with Crippen molar-refractivity contribution in [1.29, 1.82) is 0 Å². The van der Waals surface area contributed by atoms with E-state index in [2.05, 4.69) is 18.2 Å². The maximum atomic E-state index is 5.82. The van der Waals surface area contributed by atoms with Gasteiger partial charge in [-0.05, 0) is 0 Å². The van der Waals surface area contributed by atoms with Crippen molar-refractivity contribution in [2.24, 2.45) is 0 Å². The summed E-state index contributed by atoms with van der Waals surface area (Å²) >= 11 is -0.153. The molecule has 0 heterocycles. The van der Waals surface area contributed by atoms with E-state index in [0.717, 1.165) is 0 Å². The van der Waals surface area contributed by atoms with Crippen LogP contribution < -0.4 is 0 Å². The second-order valence-electron chi connectivity index (χ2n) is 2.26. The molecule has 0 bridgehead atoms. The molecule has 0 saturated carbocycles. The van der Waals surface area contributed by atoms with E-state index in [1.165, 1.54) is 29.6 Å². The molecule has 0 atom stereocenters. The van der Waals surface area contributed by atoms with Gasteiger partial charge in [0.25, 0.3) is 0 Å². The zero-order valence-electron chi connectivity index (χ0n) is 5.75. The molecule has 1 aliphatic carbocycles. The molecule has 10 heavy (non-hydrogen) atoms. The quantitative estimate of drug-likeness (QED) is 0.644. The van der Waals surface area contributed by atoms with Crippen LogP contribution in [0.2, 0.25) is 0 Å². The molecule has 1 aliphatic rings. The minimum absolute atomic E-state index is 0.153. The van der Waals surface area contributed by atoms with Gasteiger partial charge in [0.1, 0.15) is 0 Å². The molecule has 0 N–H and O–H groups in total. The van der Waals surface area contributed by atoms with Crippen LogP contribution in [-0.2, 0) is 17.5 Å². The van der Waals surface area contributed by atoms with Crippen LogP contribution in [0.4, 0.5) is 0 Å². The molecule has 0 aromatic rings. The van der Waals surface area contributed by atoms with Gasteiger partial charge in [-0.1, -0.05) is 0 Å². The molecule has 0 radical (unpaired) electrons. The van der Waals surface area contributed by atoms with E-state index in [4.69, 9.17) is 9.42 Å². The Bertz CT molecular complexity index is 149. The third-order valence-corrected chi connectivity index (χ3v) is 4.30. The van der Waals surface area contributed by atoms with Crippen LogP contribution in [0.15, 0.2) is 22.2 Å². The van der Waals surface area contributed by atoms with Gasteiger partial charge < -0.3 is 0 Å². The van der Waals surface area contributed by atoms with Gasteiger partial charge in [-0.15, -0.1) is 0 Å². The van der Waals surface area contributed by atoms with E-state index in [1.807, 2.05) is 0 Å². The Kier molecular flexibility index (Phi) is 4.41. The number of hydrogen-bond acceptors (Lipinski definition) is 0. The van der Waals surface area contributed by atoms with Gasteiger partial charge in [-0.25, -0.2) is 0 Å². The Morgan fingerprint density at radius 2 is 2.00 bits per heavy atom. The first-order valence-corrected chi connectivity index (χ1v) is 7.43. The summed E-state index contributed by atoms with van der Waals surface area (Å²) in [6.07, 6.45) is 11.6. The van der Waals surface area contributed by atoms with Crippen LogP contribution in [0.5, 0.6) is 0 Å². The summed E-state index contributed by atoms with van der Waals surface area (Å²) in [5, 5.41) is 0. The number of halogens is 1. The minimum atomic E-state index is -0.153. The Hall–Kier alpha value is 0.458. The summed E-state index contributed by atoms with van der Waals surface area (Å²) in [6, 6.07) is 0. The fourth-order valence-electron chi connectivity index (χ4n) is 0.932. The predicted molar refractivity (Wildman–Crippen MR) is 41.5 cm³/mol. The molecule has 0 aromatic carbocycles. The molecule has 0 aromatic heterocycles. The van der Waals surface area contributed by atoms with Crippen molar-refractivity contribution in [1.82, 2.24) is 0 Å². The first-order valence-electron chi connectivity index (χ1n) is 3.48. The van der Waals surface area contributed by atoms with E-state index >= 15 is 0 Å². The van der Waals surface area contributed by atoms with E-state index in [9.17, 15) is 0 Å². The van der Waals surface area contributed by atoms with Crippen molar-refractivity contribution >= 4 is 9.42 Å². The maximum absolute atomic E-state index is 5.82. The zero-order valence-corrected chi connectivity index (χ0v) is 8.78. The molecule has 0 unspecified atom stereocenters. The van der Waals surface area contributed by atoms with Gasteiger partial charge in [0.05, 0.1) is 0 Å². The third-order valence-electron chi connectivity index (χ3n) is 1.46. The summed E-state index contributed by atoms with van der Waals surface area (Å²) < 4.78 is 1.52. The van der Waals surface area contributed by atoms with Gasteiger partial charge in [0, 0.05) is 0 Å². The Balaban J connectivity index is 2.41. The van der Waals surface area contributed by atoms with Crippen molar-refractivity contribution in [3.63, 3.8) is 0 Å². The zero-order chi connectivity index (χ0) is 7.23. The molecule has 0 spiro atoms. The van der Waals surface area contributed by atoms with Crippen molar-refractivity contribution in [2.75, 3.05) is 0 Å². The van der Waals surface area contributed by atoms with Crippen molar-refractivity contribution < 1.29 is 17.5 Å².